The molecular weight excluding hydrogens is 262 g/mol. The molecule has 0 fully saturated rings. The number of rotatable bonds is 7. The second-order valence-corrected chi connectivity index (χ2v) is 5.20. The topological polar surface area (TPSA) is 39.1 Å². The molecule has 1 N–H and O–H groups in total. The maximum absolute atomic E-state index is 5.35. The zero-order valence-corrected chi connectivity index (χ0v) is 13.4. The van der Waals surface area contributed by atoms with Crippen molar-refractivity contribution in [2.45, 2.75) is 39.8 Å². The largest absolute Gasteiger partial charge is 0.496 e. The molecule has 2 rings (SSSR count). The quantitative estimate of drug-likeness (QED) is 0.849. The molecule has 1 unspecified atom stereocenters. The van der Waals surface area contributed by atoms with Crippen molar-refractivity contribution in [1.82, 2.24) is 14.9 Å². The molecule has 1 atom stereocenters. The molecule has 0 saturated heterocycles. The molecular formula is C17H25N3O. The van der Waals surface area contributed by atoms with Crippen LogP contribution in [-0.2, 0) is 6.54 Å². The highest BCUT2D eigenvalue weighted by Gasteiger charge is 2.18. The van der Waals surface area contributed by atoms with Gasteiger partial charge in [0.25, 0.3) is 0 Å². The van der Waals surface area contributed by atoms with Gasteiger partial charge in [-0.2, -0.15) is 0 Å². The number of nitrogens with zero attached hydrogens (tertiary/aromatic N) is 2. The van der Waals surface area contributed by atoms with Crippen molar-refractivity contribution in [2.24, 2.45) is 0 Å². The summed E-state index contributed by atoms with van der Waals surface area (Å²) in [5.41, 5.74) is 2.37. The number of aromatic nitrogens is 2. The van der Waals surface area contributed by atoms with Crippen LogP contribution in [0.5, 0.6) is 5.75 Å². The molecule has 0 bridgehead atoms. The summed E-state index contributed by atoms with van der Waals surface area (Å²) >= 11 is 0. The number of nitrogens with one attached hydrogen (secondary N) is 1. The summed E-state index contributed by atoms with van der Waals surface area (Å²) in [6, 6.07) is 6.43. The van der Waals surface area contributed by atoms with Gasteiger partial charge < -0.3 is 14.6 Å². The Morgan fingerprint density at radius 2 is 2.14 bits per heavy atom. The van der Waals surface area contributed by atoms with E-state index in [4.69, 9.17) is 4.74 Å². The molecule has 0 saturated carbocycles. The molecule has 0 aliphatic rings. The number of hydrogen-bond donors (Lipinski definition) is 1. The molecule has 21 heavy (non-hydrogen) atoms. The first-order valence-corrected chi connectivity index (χ1v) is 7.60. The van der Waals surface area contributed by atoms with Gasteiger partial charge in [0.1, 0.15) is 11.6 Å². The van der Waals surface area contributed by atoms with Crippen LogP contribution in [0.15, 0.2) is 30.6 Å². The third-order valence-corrected chi connectivity index (χ3v) is 3.63. The van der Waals surface area contributed by atoms with Crippen LogP contribution in [-0.4, -0.2) is 23.2 Å². The fourth-order valence-corrected chi connectivity index (χ4v) is 2.65. The lowest BCUT2D eigenvalue weighted by Gasteiger charge is -2.20. The highest BCUT2D eigenvalue weighted by molar-refractivity contribution is 5.39. The number of hydrogen-bond acceptors (Lipinski definition) is 3. The standard InChI is InChI=1S/C17H25N3O/c1-5-10-20-11-9-19-17(20)16(18-6-2)14-7-8-15(21-4)13(3)12-14/h7-9,11-12,16,18H,5-6,10H2,1-4H3. The van der Waals surface area contributed by atoms with E-state index in [0.717, 1.165) is 36.6 Å². The average molecular weight is 287 g/mol. The number of ether oxygens (including phenoxy) is 1. The van der Waals surface area contributed by atoms with Gasteiger partial charge in [-0.15, -0.1) is 0 Å². The molecule has 1 heterocycles. The smallest absolute Gasteiger partial charge is 0.130 e. The fourth-order valence-electron chi connectivity index (χ4n) is 2.65. The van der Waals surface area contributed by atoms with Crippen LogP contribution in [0.1, 0.15) is 43.3 Å². The van der Waals surface area contributed by atoms with Crippen LogP contribution in [0, 0.1) is 6.92 Å². The Balaban J connectivity index is 2.38. The highest BCUT2D eigenvalue weighted by atomic mass is 16.5. The van der Waals surface area contributed by atoms with E-state index in [1.807, 2.05) is 12.3 Å². The third kappa shape index (κ3) is 3.45. The normalized spacial score (nSPS) is 12.4. The Hall–Kier alpha value is -1.81. The predicted molar refractivity (Wildman–Crippen MR) is 85.8 cm³/mol. The van der Waals surface area contributed by atoms with E-state index in [-0.39, 0.29) is 6.04 Å². The van der Waals surface area contributed by atoms with Crippen molar-refractivity contribution in [3.05, 3.63) is 47.5 Å². The number of aryl methyl sites for hydroxylation is 2. The molecule has 0 spiro atoms. The monoisotopic (exact) mass is 287 g/mol. The van der Waals surface area contributed by atoms with Crippen molar-refractivity contribution >= 4 is 0 Å². The van der Waals surface area contributed by atoms with E-state index >= 15 is 0 Å². The molecule has 1 aromatic carbocycles. The first kappa shape index (κ1) is 15.6. The summed E-state index contributed by atoms with van der Waals surface area (Å²) in [4.78, 5) is 4.57. The summed E-state index contributed by atoms with van der Waals surface area (Å²) < 4.78 is 7.58. The Morgan fingerprint density at radius 1 is 1.33 bits per heavy atom. The summed E-state index contributed by atoms with van der Waals surface area (Å²) in [5, 5.41) is 3.54. The van der Waals surface area contributed by atoms with E-state index < -0.39 is 0 Å². The zero-order valence-electron chi connectivity index (χ0n) is 13.4. The van der Waals surface area contributed by atoms with Crippen molar-refractivity contribution in [3.63, 3.8) is 0 Å². The van der Waals surface area contributed by atoms with Crippen LogP contribution in [0.25, 0.3) is 0 Å². The average Bonchev–Trinajstić information content (AvgIpc) is 2.93. The molecule has 4 nitrogen and oxygen atoms in total. The predicted octanol–water partition coefficient (Wildman–Crippen LogP) is 3.31. The molecule has 1 aromatic heterocycles. The van der Waals surface area contributed by atoms with Crippen molar-refractivity contribution in [1.29, 1.82) is 0 Å². The molecule has 114 valence electrons. The second kappa shape index (κ2) is 7.27. The Morgan fingerprint density at radius 3 is 2.76 bits per heavy atom. The molecule has 0 amide bonds. The van der Waals surface area contributed by atoms with Gasteiger partial charge in [0.2, 0.25) is 0 Å². The minimum Gasteiger partial charge on any atom is -0.496 e. The van der Waals surface area contributed by atoms with E-state index in [1.54, 1.807) is 7.11 Å². The molecule has 0 aliphatic carbocycles. The van der Waals surface area contributed by atoms with Gasteiger partial charge in [0.15, 0.2) is 0 Å². The molecule has 2 aromatic rings. The second-order valence-electron chi connectivity index (χ2n) is 5.20. The fraction of sp³-hybridized carbons (Fsp3) is 0.471. The van der Waals surface area contributed by atoms with Gasteiger partial charge in [0, 0.05) is 18.9 Å². The van der Waals surface area contributed by atoms with Gasteiger partial charge in [0.05, 0.1) is 13.2 Å². The molecule has 4 heteroatoms. The highest BCUT2D eigenvalue weighted by Crippen LogP contribution is 2.26. The van der Waals surface area contributed by atoms with Crippen LogP contribution in [0.2, 0.25) is 0 Å². The van der Waals surface area contributed by atoms with Gasteiger partial charge in [-0.3, -0.25) is 0 Å². The van der Waals surface area contributed by atoms with Gasteiger partial charge in [-0.1, -0.05) is 26.0 Å². The number of imidazole rings is 1. The Kier molecular flexibility index (Phi) is 5.39. The molecule has 0 radical (unpaired) electrons. The lowest BCUT2D eigenvalue weighted by atomic mass is 10.0. The Bertz CT molecular complexity index is 577. The van der Waals surface area contributed by atoms with E-state index in [1.165, 1.54) is 5.56 Å². The lowest BCUT2D eigenvalue weighted by molar-refractivity contribution is 0.411. The minimum absolute atomic E-state index is 0.112. The summed E-state index contributed by atoms with van der Waals surface area (Å²) in [7, 11) is 1.71. The number of benzene rings is 1. The maximum atomic E-state index is 5.35. The first-order valence-electron chi connectivity index (χ1n) is 7.60. The van der Waals surface area contributed by atoms with Crippen LogP contribution >= 0.6 is 0 Å². The van der Waals surface area contributed by atoms with Gasteiger partial charge in [-0.05, 0) is 37.1 Å². The number of methoxy groups -OCH3 is 1. The minimum atomic E-state index is 0.112. The summed E-state index contributed by atoms with van der Waals surface area (Å²) in [5.74, 6) is 1.99. The lowest BCUT2D eigenvalue weighted by Crippen LogP contribution is -2.25. The van der Waals surface area contributed by atoms with E-state index in [9.17, 15) is 0 Å². The van der Waals surface area contributed by atoms with E-state index in [0.29, 0.717) is 0 Å². The van der Waals surface area contributed by atoms with Gasteiger partial charge >= 0.3 is 0 Å². The van der Waals surface area contributed by atoms with Crippen molar-refractivity contribution in [2.75, 3.05) is 13.7 Å². The zero-order chi connectivity index (χ0) is 15.2. The SMILES string of the molecule is CCCn1ccnc1C(NCC)c1ccc(OC)c(C)c1. The van der Waals surface area contributed by atoms with Crippen LogP contribution < -0.4 is 10.1 Å². The van der Waals surface area contributed by atoms with Crippen LogP contribution in [0.3, 0.4) is 0 Å². The molecule has 0 aliphatic heterocycles. The third-order valence-electron chi connectivity index (χ3n) is 3.63. The summed E-state index contributed by atoms with van der Waals surface area (Å²) in [6.07, 6.45) is 5.04. The van der Waals surface area contributed by atoms with Crippen molar-refractivity contribution < 1.29 is 4.74 Å². The summed E-state index contributed by atoms with van der Waals surface area (Å²) in [6.45, 7) is 8.27. The maximum Gasteiger partial charge on any atom is 0.130 e. The first-order chi connectivity index (χ1) is 10.2. The van der Waals surface area contributed by atoms with Crippen LogP contribution in [0.4, 0.5) is 0 Å². The van der Waals surface area contributed by atoms with Crippen molar-refractivity contribution in [3.8, 4) is 5.75 Å². The van der Waals surface area contributed by atoms with E-state index in [2.05, 4.69) is 54.0 Å². The van der Waals surface area contributed by atoms with Gasteiger partial charge in [-0.25, -0.2) is 4.98 Å². The Labute approximate surface area is 127 Å².